The van der Waals surface area contributed by atoms with Gasteiger partial charge in [0.15, 0.2) is 5.16 Å². The molecule has 0 aliphatic heterocycles. The van der Waals surface area contributed by atoms with Gasteiger partial charge in [-0.15, -0.1) is 0 Å². The Balaban J connectivity index is 2.81. The number of aliphatic hydroxyl groups is 1. The molecule has 1 unspecified atom stereocenters. The molecule has 0 saturated carbocycles. The lowest BCUT2D eigenvalue weighted by Crippen LogP contribution is -2.26. The van der Waals surface area contributed by atoms with Crippen LogP contribution in [0, 0.1) is 5.92 Å². The van der Waals surface area contributed by atoms with Crippen molar-refractivity contribution in [1.82, 2.24) is 9.97 Å². The van der Waals surface area contributed by atoms with E-state index in [1.165, 1.54) is 11.8 Å². The molecule has 0 amide bonds. The maximum absolute atomic E-state index is 9.35. The fourth-order valence-corrected chi connectivity index (χ4v) is 2.00. The Morgan fingerprint density at radius 2 is 2.17 bits per heavy atom. The minimum Gasteiger partial charge on any atom is -0.481 e. The second kappa shape index (κ2) is 7.43. The lowest BCUT2D eigenvalue weighted by molar-refractivity contribution is 0.259. The SMILES string of the molecule is COc1cc(NC(CO)CC(C)C)nc(SC)n1. The van der Waals surface area contributed by atoms with Gasteiger partial charge >= 0.3 is 0 Å². The van der Waals surface area contributed by atoms with E-state index in [2.05, 4.69) is 29.1 Å². The van der Waals surface area contributed by atoms with Crippen molar-refractivity contribution >= 4 is 17.6 Å². The number of aliphatic hydroxyl groups excluding tert-OH is 1. The van der Waals surface area contributed by atoms with Crippen LogP contribution in [0.3, 0.4) is 0 Å². The quantitative estimate of drug-likeness (QED) is 0.584. The molecule has 0 aliphatic carbocycles. The molecule has 0 aromatic carbocycles. The van der Waals surface area contributed by atoms with Gasteiger partial charge in [-0.25, -0.2) is 4.98 Å². The van der Waals surface area contributed by atoms with Crippen LogP contribution in [0.1, 0.15) is 20.3 Å². The maximum Gasteiger partial charge on any atom is 0.219 e. The summed E-state index contributed by atoms with van der Waals surface area (Å²) in [5, 5.41) is 13.2. The molecule has 1 rings (SSSR count). The van der Waals surface area contributed by atoms with Gasteiger partial charge in [-0.3, -0.25) is 0 Å². The van der Waals surface area contributed by atoms with E-state index in [-0.39, 0.29) is 12.6 Å². The molecule has 0 aliphatic rings. The van der Waals surface area contributed by atoms with Gasteiger partial charge in [0.1, 0.15) is 5.82 Å². The van der Waals surface area contributed by atoms with E-state index in [1.54, 1.807) is 13.2 Å². The highest BCUT2D eigenvalue weighted by atomic mass is 32.2. The van der Waals surface area contributed by atoms with Gasteiger partial charge in [0.25, 0.3) is 0 Å². The van der Waals surface area contributed by atoms with E-state index in [0.717, 1.165) is 6.42 Å². The summed E-state index contributed by atoms with van der Waals surface area (Å²) in [7, 11) is 1.58. The summed E-state index contributed by atoms with van der Waals surface area (Å²) in [4.78, 5) is 8.54. The molecule has 0 saturated heterocycles. The first-order valence-electron chi connectivity index (χ1n) is 5.93. The Bertz CT molecular complexity index is 352. The fourth-order valence-electron chi connectivity index (χ4n) is 1.63. The first-order chi connectivity index (χ1) is 8.58. The van der Waals surface area contributed by atoms with E-state index in [0.29, 0.717) is 22.8 Å². The largest absolute Gasteiger partial charge is 0.481 e. The number of thioether (sulfide) groups is 1. The maximum atomic E-state index is 9.35. The zero-order valence-electron chi connectivity index (χ0n) is 11.3. The van der Waals surface area contributed by atoms with E-state index in [4.69, 9.17) is 4.74 Å². The van der Waals surface area contributed by atoms with Crippen molar-refractivity contribution in [1.29, 1.82) is 0 Å². The monoisotopic (exact) mass is 271 g/mol. The molecule has 5 nitrogen and oxygen atoms in total. The van der Waals surface area contributed by atoms with Gasteiger partial charge in [-0.1, -0.05) is 25.6 Å². The van der Waals surface area contributed by atoms with Crippen LogP contribution in [-0.4, -0.2) is 41.1 Å². The molecule has 1 atom stereocenters. The van der Waals surface area contributed by atoms with Gasteiger partial charge in [0.05, 0.1) is 19.8 Å². The Hall–Kier alpha value is -1.01. The third-order valence-electron chi connectivity index (χ3n) is 2.40. The van der Waals surface area contributed by atoms with Crippen molar-refractivity contribution in [2.45, 2.75) is 31.5 Å². The van der Waals surface area contributed by atoms with Crippen LogP contribution in [0.5, 0.6) is 5.88 Å². The summed E-state index contributed by atoms with van der Waals surface area (Å²) < 4.78 is 5.13. The van der Waals surface area contributed by atoms with Crippen LogP contribution in [-0.2, 0) is 0 Å². The van der Waals surface area contributed by atoms with Crippen LogP contribution in [0.25, 0.3) is 0 Å². The smallest absolute Gasteiger partial charge is 0.219 e. The molecule has 0 radical (unpaired) electrons. The van der Waals surface area contributed by atoms with Crippen LogP contribution >= 0.6 is 11.8 Å². The molecule has 1 heterocycles. The van der Waals surface area contributed by atoms with Gasteiger partial charge in [-0.05, 0) is 18.6 Å². The van der Waals surface area contributed by atoms with Crippen LogP contribution in [0.2, 0.25) is 0 Å². The molecule has 0 spiro atoms. The number of methoxy groups -OCH3 is 1. The Morgan fingerprint density at radius 3 is 2.67 bits per heavy atom. The summed E-state index contributed by atoms with van der Waals surface area (Å²) >= 11 is 1.46. The van der Waals surface area contributed by atoms with Crippen LogP contribution in [0.15, 0.2) is 11.2 Å². The first kappa shape index (κ1) is 15.0. The Labute approximate surface area is 112 Å². The second-order valence-electron chi connectivity index (χ2n) is 4.44. The third kappa shape index (κ3) is 4.70. The highest BCUT2D eigenvalue weighted by molar-refractivity contribution is 7.98. The number of anilines is 1. The van der Waals surface area contributed by atoms with Crippen LogP contribution < -0.4 is 10.1 Å². The summed E-state index contributed by atoms with van der Waals surface area (Å²) in [6.07, 6.45) is 2.80. The van der Waals surface area contributed by atoms with Crippen LogP contribution in [0.4, 0.5) is 5.82 Å². The molecule has 102 valence electrons. The van der Waals surface area contributed by atoms with Crippen molar-refractivity contribution in [2.75, 3.05) is 25.3 Å². The summed E-state index contributed by atoms with van der Waals surface area (Å²) in [6.45, 7) is 4.33. The predicted octanol–water partition coefficient (Wildman–Crippen LogP) is 2.03. The van der Waals surface area contributed by atoms with Crippen molar-refractivity contribution in [2.24, 2.45) is 5.92 Å². The molecule has 18 heavy (non-hydrogen) atoms. The molecule has 1 aromatic heterocycles. The number of ether oxygens (including phenoxy) is 1. The summed E-state index contributed by atoms with van der Waals surface area (Å²) in [5.41, 5.74) is 0. The van der Waals surface area contributed by atoms with Crippen molar-refractivity contribution in [3.63, 3.8) is 0 Å². The average Bonchev–Trinajstić information content (AvgIpc) is 2.36. The van der Waals surface area contributed by atoms with Gasteiger partial charge in [0.2, 0.25) is 5.88 Å². The molecular formula is C12H21N3O2S. The van der Waals surface area contributed by atoms with E-state index in [9.17, 15) is 5.11 Å². The molecule has 1 aromatic rings. The molecule has 2 N–H and O–H groups in total. The molecular weight excluding hydrogens is 250 g/mol. The van der Waals surface area contributed by atoms with E-state index in [1.807, 2.05) is 6.26 Å². The zero-order chi connectivity index (χ0) is 13.5. The Kier molecular flexibility index (Phi) is 6.21. The minimum atomic E-state index is -0.000637. The van der Waals surface area contributed by atoms with Crippen molar-refractivity contribution in [3.05, 3.63) is 6.07 Å². The highest BCUT2D eigenvalue weighted by Gasteiger charge is 2.12. The number of nitrogens with one attached hydrogen (secondary N) is 1. The molecule has 0 fully saturated rings. The van der Waals surface area contributed by atoms with Crippen molar-refractivity contribution < 1.29 is 9.84 Å². The number of hydrogen-bond donors (Lipinski definition) is 2. The average molecular weight is 271 g/mol. The van der Waals surface area contributed by atoms with Gasteiger partial charge in [-0.2, -0.15) is 4.98 Å². The third-order valence-corrected chi connectivity index (χ3v) is 2.95. The number of aromatic nitrogens is 2. The van der Waals surface area contributed by atoms with E-state index >= 15 is 0 Å². The predicted molar refractivity (Wildman–Crippen MR) is 74.3 cm³/mol. The minimum absolute atomic E-state index is 0.000637. The van der Waals surface area contributed by atoms with Gasteiger partial charge < -0.3 is 15.2 Å². The lowest BCUT2D eigenvalue weighted by Gasteiger charge is -2.19. The molecule has 6 heteroatoms. The second-order valence-corrected chi connectivity index (χ2v) is 5.21. The Morgan fingerprint density at radius 1 is 1.44 bits per heavy atom. The topological polar surface area (TPSA) is 67.3 Å². The van der Waals surface area contributed by atoms with E-state index < -0.39 is 0 Å². The number of rotatable bonds is 7. The van der Waals surface area contributed by atoms with Crippen molar-refractivity contribution in [3.8, 4) is 5.88 Å². The molecule has 0 bridgehead atoms. The highest BCUT2D eigenvalue weighted by Crippen LogP contribution is 2.20. The fraction of sp³-hybridized carbons (Fsp3) is 0.667. The first-order valence-corrected chi connectivity index (χ1v) is 7.16. The standard InChI is InChI=1S/C12H21N3O2S/c1-8(2)5-9(7-16)13-10-6-11(17-3)15-12(14-10)18-4/h6,8-9,16H,5,7H2,1-4H3,(H,13,14,15). The summed E-state index contributed by atoms with van der Waals surface area (Å²) in [6, 6.07) is 1.74. The number of hydrogen-bond acceptors (Lipinski definition) is 6. The number of nitrogens with zero attached hydrogens (tertiary/aromatic N) is 2. The normalized spacial score (nSPS) is 12.6. The lowest BCUT2D eigenvalue weighted by atomic mass is 10.0. The zero-order valence-corrected chi connectivity index (χ0v) is 12.1. The van der Waals surface area contributed by atoms with Gasteiger partial charge in [0, 0.05) is 6.07 Å². The summed E-state index contributed by atoms with van der Waals surface area (Å²) in [5.74, 6) is 1.72.